The summed E-state index contributed by atoms with van der Waals surface area (Å²) < 4.78 is 0. The maximum atomic E-state index is 12.8. The lowest BCUT2D eigenvalue weighted by Crippen LogP contribution is -2.48. The molecule has 1 atom stereocenters. The molecule has 9 nitrogen and oxygen atoms in total. The van der Waals surface area contributed by atoms with Gasteiger partial charge in [-0.2, -0.15) is 11.8 Å². The number of benzene rings is 1. The van der Waals surface area contributed by atoms with Gasteiger partial charge < -0.3 is 15.6 Å². The molecule has 1 aliphatic carbocycles. The lowest BCUT2D eigenvalue weighted by atomic mass is 9.91. The Morgan fingerprint density at radius 1 is 1.22 bits per heavy atom. The van der Waals surface area contributed by atoms with Crippen LogP contribution in [0.5, 0.6) is 0 Å². The Hall–Kier alpha value is -2.59. The number of H-pyrrole nitrogens is 1. The summed E-state index contributed by atoms with van der Waals surface area (Å²) in [5.74, 6) is 1.42. The number of amides is 2. The molecule has 1 aromatic carbocycles. The van der Waals surface area contributed by atoms with Crippen LogP contribution in [0.1, 0.15) is 48.2 Å². The van der Waals surface area contributed by atoms with Crippen molar-refractivity contribution in [1.82, 2.24) is 20.6 Å². The van der Waals surface area contributed by atoms with Gasteiger partial charge in [-0.15, -0.1) is 12.4 Å². The van der Waals surface area contributed by atoms with Gasteiger partial charge in [-0.3, -0.25) is 19.7 Å². The van der Waals surface area contributed by atoms with E-state index in [0.29, 0.717) is 11.7 Å². The first kappa shape index (κ1) is 25.7. The third-order valence-electron chi connectivity index (χ3n) is 5.33. The highest BCUT2D eigenvalue weighted by Crippen LogP contribution is 2.27. The SMILES string of the molecule is Cl.O=C(N[C@@H](CSCC1CCCCC1)C(=O)NCc1ccc([N+](=O)[O-])cc1)c1c[nH]cn1. The summed E-state index contributed by atoms with van der Waals surface area (Å²) in [6.07, 6.45) is 9.18. The van der Waals surface area contributed by atoms with E-state index < -0.39 is 16.9 Å². The van der Waals surface area contributed by atoms with Crippen molar-refractivity contribution in [2.24, 2.45) is 5.92 Å². The number of non-ortho nitro benzene ring substituents is 1. The molecule has 0 bridgehead atoms. The first-order valence-electron chi connectivity index (χ1n) is 10.4. The van der Waals surface area contributed by atoms with Crippen molar-refractivity contribution < 1.29 is 14.5 Å². The van der Waals surface area contributed by atoms with E-state index in [-0.39, 0.29) is 36.2 Å². The maximum Gasteiger partial charge on any atom is 0.272 e. The van der Waals surface area contributed by atoms with E-state index in [0.717, 1.165) is 11.3 Å². The van der Waals surface area contributed by atoms with E-state index in [1.807, 2.05) is 0 Å². The van der Waals surface area contributed by atoms with Gasteiger partial charge >= 0.3 is 0 Å². The van der Waals surface area contributed by atoms with E-state index >= 15 is 0 Å². The van der Waals surface area contributed by atoms with Gasteiger partial charge in [0.05, 0.1) is 11.3 Å². The molecule has 1 fully saturated rings. The van der Waals surface area contributed by atoms with E-state index in [2.05, 4.69) is 20.6 Å². The number of nitrogens with one attached hydrogen (secondary N) is 3. The molecule has 0 saturated heterocycles. The summed E-state index contributed by atoms with van der Waals surface area (Å²) in [6, 6.07) is 5.31. The Morgan fingerprint density at radius 2 is 1.94 bits per heavy atom. The minimum Gasteiger partial charge on any atom is -0.350 e. The van der Waals surface area contributed by atoms with Gasteiger partial charge in [-0.25, -0.2) is 4.98 Å². The second-order valence-corrected chi connectivity index (χ2v) is 8.74. The first-order valence-corrected chi connectivity index (χ1v) is 11.6. The van der Waals surface area contributed by atoms with Crippen LogP contribution in [0.3, 0.4) is 0 Å². The van der Waals surface area contributed by atoms with Crippen LogP contribution in [0.4, 0.5) is 5.69 Å². The first-order chi connectivity index (χ1) is 15.0. The number of nitrogens with zero attached hydrogens (tertiary/aromatic N) is 2. The predicted octanol–water partition coefficient (Wildman–Crippen LogP) is 3.47. The van der Waals surface area contributed by atoms with E-state index in [1.165, 1.54) is 56.8 Å². The number of halogens is 1. The number of nitro benzene ring substituents is 1. The molecule has 1 aromatic heterocycles. The van der Waals surface area contributed by atoms with E-state index in [9.17, 15) is 19.7 Å². The Labute approximate surface area is 197 Å². The Kier molecular flexibility index (Phi) is 10.5. The fraction of sp³-hybridized carbons (Fsp3) is 0.476. The molecule has 0 spiro atoms. The molecular weight excluding hydrogens is 454 g/mol. The lowest BCUT2D eigenvalue weighted by Gasteiger charge is -2.23. The molecule has 1 saturated carbocycles. The van der Waals surface area contributed by atoms with Crippen LogP contribution in [0.15, 0.2) is 36.8 Å². The lowest BCUT2D eigenvalue weighted by molar-refractivity contribution is -0.384. The molecule has 32 heavy (non-hydrogen) atoms. The molecule has 2 aromatic rings. The second kappa shape index (κ2) is 13.1. The summed E-state index contributed by atoms with van der Waals surface area (Å²) in [5.41, 5.74) is 0.968. The van der Waals surface area contributed by atoms with Crippen molar-refractivity contribution in [2.45, 2.75) is 44.7 Å². The molecule has 174 valence electrons. The number of thioether (sulfide) groups is 1. The number of imidazole rings is 1. The fourth-order valence-electron chi connectivity index (χ4n) is 3.55. The third-order valence-corrected chi connectivity index (χ3v) is 6.61. The zero-order chi connectivity index (χ0) is 22.1. The number of aromatic nitrogens is 2. The Balaban J connectivity index is 0.00000363. The molecular formula is C21H28ClN5O4S. The molecule has 0 unspecified atom stereocenters. The smallest absolute Gasteiger partial charge is 0.272 e. The molecule has 3 rings (SSSR count). The zero-order valence-electron chi connectivity index (χ0n) is 17.6. The number of aromatic amines is 1. The van der Waals surface area contributed by atoms with Crippen LogP contribution >= 0.6 is 24.2 Å². The molecule has 11 heteroatoms. The quantitative estimate of drug-likeness (QED) is 0.352. The standard InChI is InChI=1S/C21H27N5O4S.ClH/c27-20(23-10-15-6-8-17(9-7-15)26(29)30)19(25-21(28)18-11-22-14-24-18)13-31-12-16-4-2-1-3-5-16;/h6-9,11,14,16,19H,1-5,10,12-13H2,(H,22,24)(H,23,27)(H,25,28);1H/t19-;/m0./s1. The average Bonchev–Trinajstić information content (AvgIpc) is 3.33. The fourth-order valence-corrected chi connectivity index (χ4v) is 4.83. The summed E-state index contributed by atoms with van der Waals surface area (Å²) in [7, 11) is 0. The van der Waals surface area contributed by atoms with Gasteiger partial charge in [0.2, 0.25) is 5.91 Å². The van der Waals surface area contributed by atoms with Crippen molar-refractivity contribution in [3.63, 3.8) is 0 Å². The van der Waals surface area contributed by atoms with Gasteiger partial charge in [0.15, 0.2) is 0 Å². The van der Waals surface area contributed by atoms with Crippen LogP contribution in [0, 0.1) is 16.0 Å². The van der Waals surface area contributed by atoms with Gasteiger partial charge in [-0.05, 0) is 30.1 Å². The molecule has 1 heterocycles. The van der Waals surface area contributed by atoms with Crippen molar-refractivity contribution in [3.05, 3.63) is 58.2 Å². The highest BCUT2D eigenvalue weighted by Gasteiger charge is 2.23. The summed E-state index contributed by atoms with van der Waals surface area (Å²) in [6.45, 7) is 0.221. The van der Waals surface area contributed by atoms with Crippen LogP contribution in [-0.2, 0) is 11.3 Å². The molecule has 0 aliphatic heterocycles. The third kappa shape index (κ3) is 7.83. The zero-order valence-corrected chi connectivity index (χ0v) is 19.3. The normalized spacial score (nSPS) is 14.8. The topological polar surface area (TPSA) is 130 Å². The van der Waals surface area contributed by atoms with Gasteiger partial charge in [-0.1, -0.05) is 31.4 Å². The Bertz CT molecular complexity index is 873. The number of hydrogen-bond acceptors (Lipinski definition) is 6. The minimum absolute atomic E-state index is 0. The van der Waals surface area contributed by atoms with Crippen LogP contribution < -0.4 is 10.6 Å². The minimum atomic E-state index is -0.698. The van der Waals surface area contributed by atoms with Crippen LogP contribution in [0.25, 0.3) is 0 Å². The van der Waals surface area contributed by atoms with Gasteiger partial charge in [0.1, 0.15) is 11.7 Å². The highest BCUT2D eigenvalue weighted by molar-refractivity contribution is 7.99. The highest BCUT2D eigenvalue weighted by atomic mass is 35.5. The van der Waals surface area contributed by atoms with Crippen molar-refractivity contribution in [1.29, 1.82) is 0 Å². The Morgan fingerprint density at radius 3 is 2.56 bits per heavy atom. The summed E-state index contributed by atoms with van der Waals surface area (Å²) in [4.78, 5) is 42.2. The van der Waals surface area contributed by atoms with Crippen molar-refractivity contribution >= 4 is 41.7 Å². The van der Waals surface area contributed by atoms with Crippen LogP contribution in [0.2, 0.25) is 0 Å². The predicted molar refractivity (Wildman–Crippen MR) is 126 cm³/mol. The summed E-state index contributed by atoms with van der Waals surface area (Å²) in [5, 5.41) is 16.4. The average molecular weight is 482 g/mol. The van der Waals surface area contributed by atoms with Crippen LogP contribution in [-0.4, -0.2) is 44.3 Å². The number of carbonyl (C=O) groups excluding carboxylic acids is 2. The number of hydrogen-bond donors (Lipinski definition) is 3. The van der Waals surface area contributed by atoms with Gasteiger partial charge in [0, 0.05) is 30.6 Å². The van der Waals surface area contributed by atoms with Crippen molar-refractivity contribution in [2.75, 3.05) is 11.5 Å². The number of carbonyl (C=O) groups is 2. The van der Waals surface area contributed by atoms with E-state index in [4.69, 9.17) is 0 Å². The molecule has 2 amide bonds. The molecule has 3 N–H and O–H groups in total. The largest absolute Gasteiger partial charge is 0.350 e. The second-order valence-electron chi connectivity index (χ2n) is 7.66. The monoisotopic (exact) mass is 481 g/mol. The summed E-state index contributed by atoms with van der Waals surface area (Å²) >= 11 is 1.68. The number of nitro groups is 1. The maximum absolute atomic E-state index is 12.8. The number of rotatable bonds is 10. The van der Waals surface area contributed by atoms with Crippen molar-refractivity contribution in [3.8, 4) is 0 Å². The van der Waals surface area contributed by atoms with Gasteiger partial charge in [0.25, 0.3) is 11.6 Å². The molecule has 1 aliphatic rings. The molecule has 0 radical (unpaired) electrons. The van der Waals surface area contributed by atoms with E-state index in [1.54, 1.807) is 23.9 Å².